The smallest absolute Gasteiger partial charge is 0.304 e. The number of nitrogens with one attached hydrogen (secondary N) is 1. The standard InChI is InChI=1S/C13H14ClNO3/c1-2-7-15-13(18)10(8-12(16)17)9-5-3-4-6-11(9)14/h2-6,10H,1,7-8H2,(H,15,18)(H,16,17). The van der Waals surface area contributed by atoms with Crippen LogP contribution in [0.5, 0.6) is 0 Å². The number of rotatable bonds is 6. The van der Waals surface area contributed by atoms with Gasteiger partial charge in [0.1, 0.15) is 0 Å². The van der Waals surface area contributed by atoms with Gasteiger partial charge in [0, 0.05) is 11.6 Å². The van der Waals surface area contributed by atoms with Crippen molar-refractivity contribution in [3.63, 3.8) is 0 Å². The number of carboxylic acid groups (broad SMARTS) is 1. The monoisotopic (exact) mass is 267 g/mol. The molecule has 1 unspecified atom stereocenters. The second kappa shape index (κ2) is 6.81. The average Bonchev–Trinajstić information content (AvgIpc) is 2.34. The van der Waals surface area contributed by atoms with Crippen molar-refractivity contribution in [2.24, 2.45) is 0 Å². The van der Waals surface area contributed by atoms with Gasteiger partial charge in [-0.2, -0.15) is 0 Å². The molecule has 1 rings (SSSR count). The maximum atomic E-state index is 11.9. The van der Waals surface area contributed by atoms with Crippen LogP contribution in [0.2, 0.25) is 5.02 Å². The van der Waals surface area contributed by atoms with E-state index >= 15 is 0 Å². The van der Waals surface area contributed by atoms with Gasteiger partial charge in [-0.1, -0.05) is 35.9 Å². The van der Waals surface area contributed by atoms with Crippen LogP contribution in [0.15, 0.2) is 36.9 Å². The topological polar surface area (TPSA) is 66.4 Å². The van der Waals surface area contributed by atoms with Gasteiger partial charge in [-0.15, -0.1) is 6.58 Å². The van der Waals surface area contributed by atoms with Gasteiger partial charge in [-0.05, 0) is 11.6 Å². The zero-order valence-electron chi connectivity index (χ0n) is 9.73. The SMILES string of the molecule is C=CCNC(=O)C(CC(=O)O)c1ccccc1Cl. The van der Waals surface area contributed by atoms with E-state index in [0.29, 0.717) is 17.1 Å². The van der Waals surface area contributed by atoms with Crippen LogP contribution in [-0.4, -0.2) is 23.5 Å². The van der Waals surface area contributed by atoms with Crippen molar-refractivity contribution in [3.05, 3.63) is 47.5 Å². The van der Waals surface area contributed by atoms with E-state index in [2.05, 4.69) is 11.9 Å². The zero-order valence-corrected chi connectivity index (χ0v) is 10.5. The summed E-state index contributed by atoms with van der Waals surface area (Å²) in [4.78, 5) is 22.7. The lowest BCUT2D eigenvalue weighted by Crippen LogP contribution is -2.31. The Hall–Kier alpha value is -1.81. The van der Waals surface area contributed by atoms with Crippen molar-refractivity contribution in [1.82, 2.24) is 5.32 Å². The molecule has 2 N–H and O–H groups in total. The van der Waals surface area contributed by atoms with E-state index in [0.717, 1.165) is 0 Å². The van der Waals surface area contributed by atoms with Gasteiger partial charge in [0.05, 0.1) is 12.3 Å². The molecular weight excluding hydrogens is 254 g/mol. The number of carbonyl (C=O) groups is 2. The first-order valence-electron chi connectivity index (χ1n) is 5.41. The van der Waals surface area contributed by atoms with Gasteiger partial charge in [-0.25, -0.2) is 0 Å². The van der Waals surface area contributed by atoms with Crippen LogP contribution in [0.1, 0.15) is 17.9 Å². The average molecular weight is 268 g/mol. The highest BCUT2D eigenvalue weighted by Crippen LogP contribution is 2.27. The van der Waals surface area contributed by atoms with Crippen molar-refractivity contribution < 1.29 is 14.7 Å². The third kappa shape index (κ3) is 3.89. The van der Waals surface area contributed by atoms with Crippen LogP contribution in [0.25, 0.3) is 0 Å². The van der Waals surface area contributed by atoms with E-state index in [9.17, 15) is 9.59 Å². The first kappa shape index (κ1) is 14.3. The number of aliphatic carboxylic acids is 1. The molecule has 18 heavy (non-hydrogen) atoms. The van der Waals surface area contributed by atoms with Gasteiger partial charge in [0.25, 0.3) is 0 Å². The quantitative estimate of drug-likeness (QED) is 0.777. The molecule has 1 aromatic carbocycles. The molecule has 0 aromatic heterocycles. The summed E-state index contributed by atoms with van der Waals surface area (Å²) in [5.41, 5.74) is 0.517. The molecule has 0 aliphatic heterocycles. The molecule has 0 spiro atoms. The van der Waals surface area contributed by atoms with Crippen molar-refractivity contribution >= 4 is 23.5 Å². The van der Waals surface area contributed by atoms with Crippen LogP contribution in [0.4, 0.5) is 0 Å². The summed E-state index contributed by atoms with van der Waals surface area (Å²) in [6, 6.07) is 6.73. The fourth-order valence-electron chi connectivity index (χ4n) is 1.57. The Balaban J connectivity index is 2.97. The Kier molecular flexibility index (Phi) is 5.39. The zero-order chi connectivity index (χ0) is 13.5. The molecule has 0 aliphatic carbocycles. The number of benzene rings is 1. The minimum Gasteiger partial charge on any atom is -0.481 e. The van der Waals surface area contributed by atoms with Crippen molar-refractivity contribution in [2.45, 2.75) is 12.3 Å². The number of halogens is 1. The van der Waals surface area contributed by atoms with Crippen LogP contribution in [0, 0.1) is 0 Å². The Morgan fingerprint density at radius 1 is 1.44 bits per heavy atom. The van der Waals surface area contributed by atoms with Gasteiger partial charge < -0.3 is 10.4 Å². The predicted molar refractivity (Wildman–Crippen MR) is 69.7 cm³/mol. The van der Waals surface area contributed by atoms with E-state index in [4.69, 9.17) is 16.7 Å². The largest absolute Gasteiger partial charge is 0.481 e. The third-order valence-corrected chi connectivity index (χ3v) is 2.74. The van der Waals surface area contributed by atoms with Gasteiger partial charge >= 0.3 is 5.97 Å². The van der Waals surface area contributed by atoms with Crippen LogP contribution in [0.3, 0.4) is 0 Å². The lowest BCUT2D eigenvalue weighted by atomic mass is 9.94. The molecule has 0 saturated carbocycles. The minimum atomic E-state index is -1.05. The van der Waals surface area contributed by atoms with Crippen molar-refractivity contribution in [1.29, 1.82) is 0 Å². The third-order valence-electron chi connectivity index (χ3n) is 2.40. The Morgan fingerprint density at radius 2 is 2.11 bits per heavy atom. The normalized spacial score (nSPS) is 11.6. The number of hydrogen-bond donors (Lipinski definition) is 2. The van der Waals surface area contributed by atoms with E-state index in [1.165, 1.54) is 6.08 Å². The molecule has 4 nitrogen and oxygen atoms in total. The Labute approximate surface area is 110 Å². The summed E-state index contributed by atoms with van der Waals surface area (Å²) in [6.07, 6.45) is 1.23. The van der Waals surface area contributed by atoms with Crippen LogP contribution in [-0.2, 0) is 9.59 Å². The number of amides is 1. The van der Waals surface area contributed by atoms with E-state index in [-0.39, 0.29) is 12.3 Å². The molecule has 0 radical (unpaired) electrons. The van der Waals surface area contributed by atoms with Crippen molar-refractivity contribution in [2.75, 3.05) is 6.54 Å². The van der Waals surface area contributed by atoms with Gasteiger partial charge in [-0.3, -0.25) is 9.59 Å². The summed E-state index contributed by atoms with van der Waals surface area (Å²) in [5, 5.41) is 11.8. The van der Waals surface area contributed by atoms with E-state index < -0.39 is 11.9 Å². The van der Waals surface area contributed by atoms with Crippen LogP contribution < -0.4 is 5.32 Å². The maximum Gasteiger partial charge on any atom is 0.304 e. The molecule has 0 fully saturated rings. The lowest BCUT2D eigenvalue weighted by molar-refractivity contribution is -0.139. The van der Waals surface area contributed by atoms with Crippen molar-refractivity contribution in [3.8, 4) is 0 Å². The first-order valence-corrected chi connectivity index (χ1v) is 5.79. The Bertz CT molecular complexity index is 459. The highest BCUT2D eigenvalue weighted by atomic mass is 35.5. The number of hydrogen-bond acceptors (Lipinski definition) is 2. The predicted octanol–water partition coefficient (Wildman–Crippen LogP) is 2.20. The fourth-order valence-corrected chi connectivity index (χ4v) is 1.84. The fraction of sp³-hybridized carbons (Fsp3) is 0.231. The highest BCUT2D eigenvalue weighted by molar-refractivity contribution is 6.31. The summed E-state index contributed by atoms with van der Waals surface area (Å²) < 4.78 is 0. The molecule has 1 aromatic rings. The van der Waals surface area contributed by atoms with Crippen LogP contribution >= 0.6 is 11.6 Å². The van der Waals surface area contributed by atoms with E-state index in [1.807, 2.05) is 0 Å². The van der Waals surface area contributed by atoms with Gasteiger partial charge in [0.15, 0.2) is 0 Å². The molecule has 1 atom stereocenters. The highest BCUT2D eigenvalue weighted by Gasteiger charge is 2.24. The summed E-state index contributed by atoms with van der Waals surface area (Å²) in [5.74, 6) is -2.21. The lowest BCUT2D eigenvalue weighted by Gasteiger charge is -2.16. The molecular formula is C13H14ClNO3. The molecule has 0 aliphatic rings. The molecule has 5 heteroatoms. The molecule has 0 saturated heterocycles. The maximum absolute atomic E-state index is 11.9. The Morgan fingerprint density at radius 3 is 2.67 bits per heavy atom. The molecule has 96 valence electrons. The second-order valence-electron chi connectivity index (χ2n) is 3.71. The van der Waals surface area contributed by atoms with E-state index in [1.54, 1.807) is 24.3 Å². The summed E-state index contributed by atoms with van der Waals surface area (Å²) in [7, 11) is 0. The molecule has 0 heterocycles. The second-order valence-corrected chi connectivity index (χ2v) is 4.11. The van der Waals surface area contributed by atoms with Gasteiger partial charge in [0.2, 0.25) is 5.91 Å². The first-order chi connectivity index (χ1) is 8.56. The number of carbonyl (C=O) groups excluding carboxylic acids is 1. The number of carboxylic acids is 1. The summed E-state index contributed by atoms with van der Waals surface area (Å²) >= 11 is 5.99. The molecule has 0 bridgehead atoms. The molecule has 1 amide bonds. The minimum absolute atomic E-state index is 0.291. The summed E-state index contributed by atoms with van der Waals surface area (Å²) in [6.45, 7) is 3.78.